The van der Waals surface area contributed by atoms with Gasteiger partial charge in [-0.3, -0.25) is 4.52 Å². The van der Waals surface area contributed by atoms with Crippen molar-refractivity contribution in [2.75, 3.05) is 6.61 Å². The number of allylic oxidation sites excluding steroid dienone is 20. The Morgan fingerprint density at radius 2 is 0.625 bits per heavy atom. The van der Waals surface area contributed by atoms with Crippen LogP contribution >= 0.6 is 15.6 Å². The molecule has 0 aromatic carbocycles. The maximum absolute atomic E-state index is 11.5. The molecule has 64 heavy (non-hydrogen) atoms. The van der Waals surface area contributed by atoms with Crippen molar-refractivity contribution >= 4 is 15.6 Å². The first-order valence-electron chi connectivity index (χ1n) is 24.3. The van der Waals surface area contributed by atoms with Gasteiger partial charge in [-0.25, -0.2) is 9.13 Å². The van der Waals surface area contributed by atoms with Gasteiger partial charge in [0.1, 0.15) is 0 Å². The van der Waals surface area contributed by atoms with Gasteiger partial charge in [0.25, 0.3) is 0 Å². The third-order valence-corrected chi connectivity index (χ3v) is 13.8. The SMILES string of the molecule is CC(C)=CCC/C(C)=C/CC/C(C)=C/CC/C(C)=C/CC/C(C)=C/CC/C(C)=C/CC/C(C)=C/CC/C(C)=C/CC/C(C)=C/CC/C(C)=C/CCC(C)CCOP(=O)(O)OP(=O)(O)O. The molecule has 0 rings (SSSR count). The lowest BCUT2D eigenvalue weighted by Crippen LogP contribution is -2.02. The fraction of sp³-hybridized carbons (Fsp3) is 0.636. The largest absolute Gasteiger partial charge is 0.481 e. The van der Waals surface area contributed by atoms with Gasteiger partial charge in [0.15, 0.2) is 0 Å². The highest BCUT2D eigenvalue weighted by atomic mass is 31.3. The predicted octanol–water partition coefficient (Wildman–Crippen LogP) is 18.5. The van der Waals surface area contributed by atoms with Crippen molar-refractivity contribution in [3.63, 3.8) is 0 Å². The number of hydrogen-bond acceptors (Lipinski definition) is 4. The van der Waals surface area contributed by atoms with E-state index in [1.54, 1.807) is 0 Å². The van der Waals surface area contributed by atoms with E-state index in [0.717, 1.165) is 116 Å². The number of hydrogen-bond donors (Lipinski definition) is 3. The lowest BCUT2D eigenvalue weighted by Gasteiger charge is -2.14. The van der Waals surface area contributed by atoms with E-state index >= 15 is 0 Å². The minimum atomic E-state index is -5.09. The van der Waals surface area contributed by atoms with Crippen molar-refractivity contribution in [2.24, 2.45) is 5.92 Å². The summed E-state index contributed by atoms with van der Waals surface area (Å²) in [7, 11) is -9.85. The molecule has 0 aliphatic heterocycles. The number of phosphoric acid groups is 2. The van der Waals surface area contributed by atoms with E-state index in [1.165, 1.54) is 68.6 Å². The van der Waals surface area contributed by atoms with Gasteiger partial charge in [0, 0.05) is 0 Å². The van der Waals surface area contributed by atoms with Crippen molar-refractivity contribution in [1.82, 2.24) is 0 Å². The Balaban J connectivity index is 4.28. The molecule has 0 spiro atoms. The topological polar surface area (TPSA) is 113 Å². The van der Waals surface area contributed by atoms with Crippen LogP contribution in [0.5, 0.6) is 0 Å². The summed E-state index contributed by atoms with van der Waals surface area (Å²) in [5.74, 6) is 0.222. The van der Waals surface area contributed by atoms with Crippen LogP contribution in [0.4, 0.5) is 0 Å². The molecule has 0 bridgehead atoms. The van der Waals surface area contributed by atoms with Crippen LogP contribution < -0.4 is 0 Å². The second-order valence-electron chi connectivity index (χ2n) is 18.9. The summed E-state index contributed by atoms with van der Waals surface area (Å²) >= 11 is 0. The molecule has 366 valence electrons. The smallest absolute Gasteiger partial charge is 0.302 e. The summed E-state index contributed by atoms with van der Waals surface area (Å²) in [4.78, 5) is 26.7. The Morgan fingerprint density at radius 1 is 0.391 bits per heavy atom. The Bertz CT molecular complexity index is 1740. The fourth-order valence-electron chi connectivity index (χ4n) is 7.16. The van der Waals surface area contributed by atoms with E-state index in [2.05, 4.69) is 146 Å². The maximum Gasteiger partial charge on any atom is 0.481 e. The van der Waals surface area contributed by atoms with E-state index in [1.807, 2.05) is 6.92 Å². The molecular formula is C55H94O7P2. The highest BCUT2D eigenvalue weighted by Crippen LogP contribution is 2.57. The molecule has 0 saturated heterocycles. The Labute approximate surface area is 393 Å². The Morgan fingerprint density at radius 3 is 0.859 bits per heavy atom. The van der Waals surface area contributed by atoms with Gasteiger partial charge >= 0.3 is 15.6 Å². The molecule has 0 saturated carbocycles. The predicted molar refractivity (Wildman–Crippen MR) is 278 cm³/mol. The van der Waals surface area contributed by atoms with Gasteiger partial charge in [-0.1, -0.05) is 123 Å². The third-order valence-electron chi connectivity index (χ3n) is 11.6. The van der Waals surface area contributed by atoms with Gasteiger partial charge in [0.05, 0.1) is 6.61 Å². The molecule has 3 N–H and O–H groups in total. The van der Waals surface area contributed by atoms with Gasteiger partial charge in [-0.05, 0) is 217 Å². The van der Waals surface area contributed by atoms with Crippen molar-refractivity contribution in [1.29, 1.82) is 0 Å². The summed E-state index contributed by atoms with van der Waals surface area (Å²) in [6, 6.07) is 0. The molecule has 9 heteroatoms. The standard InChI is InChI=1S/C55H94O7P2/c1-45(2)23-13-24-46(3)25-14-26-47(4)27-15-28-48(5)29-16-30-49(6)31-17-32-50(7)33-18-34-51(8)35-19-36-52(9)37-20-38-53(10)39-21-40-54(11)41-22-42-55(12)43-44-61-64(59,60)62-63(56,57)58/h23,25,27,29,31,33,35,37,39,41,55H,13-22,24,26,28,30,32,34,36,38,40,42-44H2,1-12H3,(H,59,60)(H2,56,57,58)/b46-25+,47-27+,48-29+,49-31+,50-33+,51-35+,52-37+,53-39+,54-41+. The van der Waals surface area contributed by atoms with Crippen LogP contribution in [0, 0.1) is 5.92 Å². The molecule has 0 aromatic heterocycles. The monoisotopic (exact) mass is 929 g/mol. The minimum Gasteiger partial charge on any atom is -0.302 e. The molecule has 0 radical (unpaired) electrons. The van der Waals surface area contributed by atoms with Crippen LogP contribution in [-0.4, -0.2) is 21.3 Å². The first-order chi connectivity index (χ1) is 30.1. The molecule has 0 aromatic rings. The molecule has 0 amide bonds. The van der Waals surface area contributed by atoms with E-state index < -0.39 is 15.6 Å². The van der Waals surface area contributed by atoms with E-state index in [4.69, 9.17) is 9.79 Å². The zero-order chi connectivity index (χ0) is 48.4. The summed E-state index contributed by atoms with van der Waals surface area (Å²) in [6.45, 7) is 26.6. The number of phosphoric ester groups is 1. The van der Waals surface area contributed by atoms with Crippen LogP contribution in [0.2, 0.25) is 0 Å². The van der Waals surface area contributed by atoms with Gasteiger partial charge in [-0.2, -0.15) is 4.31 Å². The highest BCUT2D eigenvalue weighted by molar-refractivity contribution is 7.60. The molecule has 0 aliphatic carbocycles. The Hall–Kier alpha value is -2.34. The average Bonchev–Trinajstić information content (AvgIpc) is 3.16. The molecule has 7 nitrogen and oxygen atoms in total. The fourth-order valence-corrected chi connectivity index (χ4v) is 8.76. The molecule has 0 heterocycles. The lowest BCUT2D eigenvalue weighted by molar-refractivity contribution is 0.170. The molecule has 0 aliphatic rings. The van der Waals surface area contributed by atoms with E-state index in [-0.39, 0.29) is 12.5 Å². The van der Waals surface area contributed by atoms with Gasteiger partial charge in [-0.15, -0.1) is 0 Å². The van der Waals surface area contributed by atoms with Gasteiger partial charge in [0.2, 0.25) is 0 Å². The van der Waals surface area contributed by atoms with Gasteiger partial charge < -0.3 is 14.7 Å². The van der Waals surface area contributed by atoms with Crippen LogP contribution in [0.15, 0.2) is 116 Å². The van der Waals surface area contributed by atoms with Crippen molar-refractivity contribution in [3.8, 4) is 0 Å². The minimum absolute atomic E-state index is 0.112. The zero-order valence-electron chi connectivity index (χ0n) is 42.8. The summed E-state index contributed by atoms with van der Waals surface area (Å²) < 4.78 is 30.8. The first kappa shape index (κ1) is 61.7. The van der Waals surface area contributed by atoms with E-state index in [9.17, 15) is 14.0 Å². The normalized spacial score (nSPS) is 16.1. The zero-order valence-corrected chi connectivity index (χ0v) is 44.6. The number of rotatable bonds is 36. The molecule has 2 unspecified atom stereocenters. The second kappa shape index (κ2) is 36.7. The molecular weight excluding hydrogens is 835 g/mol. The molecule has 0 fully saturated rings. The van der Waals surface area contributed by atoms with Crippen LogP contribution in [0.3, 0.4) is 0 Å². The third kappa shape index (κ3) is 41.1. The highest BCUT2D eigenvalue weighted by Gasteiger charge is 2.32. The van der Waals surface area contributed by atoms with Crippen LogP contribution in [0.1, 0.15) is 218 Å². The van der Waals surface area contributed by atoms with Crippen molar-refractivity contribution in [3.05, 3.63) is 116 Å². The van der Waals surface area contributed by atoms with Crippen LogP contribution in [0.25, 0.3) is 0 Å². The Kier molecular flexibility index (Phi) is 35.4. The van der Waals surface area contributed by atoms with Crippen molar-refractivity contribution in [2.45, 2.75) is 218 Å². The lowest BCUT2D eigenvalue weighted by atomic mass is 10.0. The second-order valence-corrected chi connectivity index (χ2v) is 21.8. The summed E-state index contributed by atoms with van der Waals surface area (Å²) in [6.07, 6.45) is 46.5. The van der Waals surface area contributed by atoms with Crippen LogP contribution in [-0.2, 0) is 18.0 Å². The quantitative estimate of drug-likeness (QED) is 0.0424. The maximum atomic E-state index is 11.5. The summed E-state index contributed by atoms with van der Waals surface area (Å²) in [5, 5.41) is 0. The molecule has 2 atom stereocenters. The van der Waals surface area contributed by atoms with E-state index in [0.29, 0.717) is 6.42 Å². The average molecular weight is 929 g/mol. The van der Waals surface area contributed by atoms with Crippen molar-refractivity contribution < 1.29 is 32.6 Å². The summed E-state index contributed by atoms with van der Waals surface area (Å²) in [5.41, 5.74) is 14.7. The first-order valence-corrected chi connectivity index (χ1v) is 27.4.